The fourth-order valence-corrected chi connectivity index (χ4v) is 4.88. The number of aromatic nitrogens is 2. The number of carbonyl (C=O) groups is 1. The van der Waals surface area contributed by atoms with Gasteiger partial charge in [0.1, 0.15) is 34.9 Å². The van der Waals surface area contributed by atoms with Crippen LogP contribution in [-0.2, 0) is 28.2 Å². The summed E-state index contributed by atoms with van der Waals surface area (Å²) >= 11 is 3.30. The molecule has 0 atom stereocenters. The van der Waals surface area contributed by atoms with Crippen LogP contribution in [-0.4, -0.2) is 45.0 Å². The van der Waals surface area contributed by atoms with E-state index in [0.29, 0.717) is 26.2 Å². The molecular weight excluding hydrogens is 533 g/mol. The lowest BCUT2D eigenvalue weighted by Crippen LogP contribution is -2.30. The first-order valence-electron chi connectivity index (χ1n) is 9.99. The van der Waals surface area contributed by atoms with Gasteiger partial charge in [0.25, 0.3) is 5.91 Å². The van der Waals surface area contributed by atoms with Gasteiger partial charge in [0.15, 0.2) is 5.82 Å². The van der Waals surface area contributed by atoms with Gasteiger partial charge in [-0.05, 0) is 51.3 Å². The van der Waals surface area contributed by atoms with Gasteiger partial charge < -0.3 is 19.4 Å². The van der Waals surface area contributed by atoms with Crippen LogP contribution in [0.25, 0.3) is 0 Å². The maximum absolute atomic E-state index is 15.3. The normalized spacial score (nSPS) is 14.7. The van der Waals surface area contributed by atoms with Crippen molar-refractivity contribution in [2.45, 2.75) is 13.2 Å². The summed E-state index contributed by atoms with van der Waals surface area (Å²) in [6, 6.07) is 9.82. The molecule has 34 heavy (non-hydrogen) atoms. The fraction of sp³-hybridized carbons (Fsp3) is 0.238. The molecule has 1 saturated heterocycles. The zero-order valence-corrected chi connectivity index (χ0v) is 20.6. The fourth-order valence-electron chi connectivity index (χ4n) is 3.43. The monoisotopic (exact) mass is 553 g/mol. The number of H-pyrrole nitrogens is 1. The van der Waals surface area contributed by atoms with E-state index in [9.17, 15) is 13.2 Å². The molecule has 3 aromatic rings. The van der Waals surface area contributed by atoms with Crippen molar-refractivity contribution in [1.82, 2.24) is 14.7 Å². The van der Waals surface area contributed by atoms with Gasteiger partial charge >= 0.3 is 10.2 Å². The van der Waals surface area contributed by atoms with Crippen molar-refractivity contribution in [3.05, 3.63) is 64.1 Å². The number of amides is 1. The van der Waals surface area contributed by atoms with Crippen molar-refractivity contribution in [2.24, 2.45) is 0 Å². The lowest BCUT2D eigenvalue weighted by molar-refractivity contribution is -0.117. The molecule has 2 aromatic carbocycles. The van der Waals surface area contributed by atoms with Crippen LogP contribution in [0, 0.1) is 5.82 Å². The van der Waals surface area contributed by atoms with E-state index in [2.05, 4.69) is 25.9 Å². The molecule has 13 heteroatoms. The lowest BCUT2D eigenvalue weighted by atomic mass is 10.1. The Labute approximate surface area is 204 Å². The molecule has 1 fully saturated rings. The molecular formula is C21H21BrFN5O5S. The van der Waals surface area contributed by atoms with Crippen LogP contribution in [0.5, 0.6) is 11.5 Å². The minimum atomic E-state index is -4.24. The summed E-state index contributed by atoms with van der Waals surface area (Å²) in [5, 5.41) is 0. The molecule has 0 unspecified atom stereocenters. The van der Waals surface area contributed by atoms with E-state index in [-0.39, 0.29) is 24.6 Å². The Hall–Kier alpha value is -3.32. The minimum absolute atomic E-state index is 0.0140. The Kier molecular flexibility index (Phi) is 6.66. The van der Waals surface area contributed by atoms with Gasteiger partial charge in [-0.3, -0.25) is 4.79 Å². The highest BCUT2D eigenvalue weighted by Crippen LogP contribution is 2.36. The quantitative estimate of drug-likeness (QED) is 0.440. The Morgan fingerprint density at radius 3 is 2.56 bits per heavy atom. The van der Waals surface area contributed by atoms with Gasteiger partial charge in [0.2, 0.25) is 5.95 Å². The number of benzene rings is 2. The highest BCUT2D eigenvalue weighted by Gasteiger charge is 2.38. The highest BCUT2D eigenvalue weighted by molar-refractivity contribution is 9.10. The average Bonchev–Trinajstić information content (AvgIpc) is 3.33. The maximum atomic E-state index is 15.3. The number of imidazole rings is 1. The molecule has 180 valence electrons. The molecule has 0 saturated carbocycles. The third-order valence-corrected chi connectivity index (χ3v) is 6.80. The van der Waals surface area contributed by atoms with Gasteiger partial charge in [-0.1, -0.05) is 12.1 Å². The molecule has 1 aromatic heterocycles. The Bertz CT molecular complexity index is 1320. The summed E-state index contributed by atoms with van der Waals surface area (Å²) in [6.07, 6.45) is 1.60. The molecule has 0 radical (unpaired) electrons. The second kappa shape index (κ2) is 9.50. The molecule has 0 bridgehead atoms. The summed E-state index contributed by atoms with van der Waals surface area (Å²) in [6.45, 7) is -0.256. The molecule has 1 aliphatic heterocycles. The minimum Gasteiger partial charge on any atom is -0.497 e. The molecule has 2 heterocycles. The lowest BCUT2D eigenvalue weighted by Gasteiger charge is -2.22. The molecule has 1 amide bonds. The van der Waals surface area contributed by atoms with Crippen molar-refractivity contribution < 1.29 is 27.1 Å². The van der Waals surface area contributed by atoms with E-state index >= 15 is 4.39 Å². The van der Waals surface area contributed by atoms with Crippen molar-refractivity contribution in [3.8, 4) is 11.5 Å². The molecule has 4 rings (SSSR count). The van der Waals surface area contributed by atoms with Gasteiger partial charge in [0.05, 0.1) is 13.3 Å². The van der Waals surface area contributed by atoms with Crippen molar-refractivity contribution in [3.63, 3.8) is 0 Å². The number of aromatic amines is 1. The van der Waals surface area contributed by atoms with E-state index in [1.807, 2.05) is 4.72 Å². The Morgan fingerprint density at radius 1 is 1.24 bits per heavy atom. The van der Waals surface area contributed by atoms with E-state index in [1.165, 1.54) is 6.07 Å². The number of hydrogen-bond donors (Lipinski definition) is 2. The topological polar surface area (TPSA) is 117 Å². The predicted octanol–water partition coefficient (Wildman–Crippen LogP) is 2.72. The van der Waals surface area contributed by atoms with Gasteiger partial charge in [-0.15, -0.1) is 0 Å². The third kappa shape index (κ3) is 5.09. The molecule has 1 aliphatic rings. The number of ether oxygens (including phenoxy) is 2. The largest absolute Gasteiger partial charge is 0.497 e. The first-order valence-corrected chi connectivity index (χ1v) is 12.2. The smallest absolute Gasteiger partial charge is 0.326 e. The summed E-state index contributed by atoms with van der Waals surface area (Å²) in [5.74, 6) is -0.393. The molecule has 10 nitrogen and oxygen atoms in total. The average molecular weight is 554 g/mol. The van der Waals surface area contributed by atoms with E-state index in [4.69, 9.17) is 9.47 Å². The maximum Gasteiger partial charge on any atom is 0.326 e. The summed E-state index contributed by atoms with van der Waals surface area (Å²) in [5.41, 5.74) is 0.935. The van der Waals surface area contributed by atoms with Crippen molar-refractivity contribution in [2.75, 3.05) is 29.9 Å². The van der Waals surface area contributed by atoms with Gasteiger partial charge in [-0.25, -0.2) is 18.4 Å². The number of rotatable bonds is 8. The third-order valence-electron chi connectivity index (χ3n) is 5.02. The Balaban J connectivity index is 1.67. The molecule has 0 aliphatic carbocycles. The second-order valence-corrected chi connectivity index (χ2v) is 9.96. The first kappa shape index (κ1) is 23.8. The number of halogens is 2. The first-order chi connectivity index (χ1) is 16.2. The van der Waals surface area contributed by atoms with E-state index in [1.54, 1.807) is 55.6 Å². The van der Waals surface area contributed by atoms with E-state index in [0.717, 1.165) is 5.56 Å². The molecule has 2 N–H and O–H groups in total. The van der Waals surface area contributed by atoms with Crippen LogP contribution in [0.1, 0.15) is 11.1 Å². The Morgan fingerprint density at radius 2 is 1.97 bits per heavy atom. The van der Waals surface area contributed by atoms with Gasteiger partial charge in [0, 0.05) is 13.6 Å². The number of nitrogens with one attached hydrogen (secondary N) is 2. The second-order valence-electron chi connectivity index (χ2n) is 7.51. The SMILES string of the molecule is COc1ccc(COc2cc(CN(C)c3ncc(Br)[nH]3)cc(F)c2N2CC(=O)NS2(=O)=O)cc1. The summed E-state index contributed by atoms with van der Waals surface area (Å²) in [7, 11) is -0.918. The predicted molar refractivity (Wildman–Crippen MR) is 127 cm³/mol. The number of hydrogen-bond acceptors (Lipinski definition) is 7. The number of anilines is 2. The van der Waals surface area contributed by atoms with Gasteiger partial charge in [-0.2, -0.15) is 8.42 Å². The van der Waals surface area contributed by atoms with Crippen LogP contribution in [0.3, 0.4) is 0 Å². The van der Waals surface area contributed by atoms with Crippen LogP contribution < -0.4 is 23.4 Å². The number of methoxy groups -OCH3 is 1. The zero-order chi connectivity index (χ0) is 24.5. The van der Waals surface area contributed by atoms with Crippen molar-refractivity contribution in [1.29, 1.82) is 0 Å². The van der Waals surface area contributed by atoms with Crippen LogP contribution in [0.15, 0.2) is 47.2 Å². The molecule has 0 spiro atoms. The van der Waals surface area contributed by atoms with Crippen LogP contribution in [0.2, 0.25) is 0 Å². The van der Waals surface area contributed by atoms with Crippen LogP contribution >= 0.6 is 15.9 Å². The summed E-state index contributed by atoms with van der Waals surface area (Å²) in [4.78, 5) is 20.7. The standard InChI is InChI=1S/C21H21BrFN5O5S/c1-27(21-24-9-18(22)25-21)10-14-7-16(23)20(28-11-19(29)26-34(28,30)31)17(8-14)33-12-13-3-5-15(32-2)6-4-13/h3-9H,10-12H2,1-2H3,(H,24,25)(H,26,29). The number of carbonyl (C=O) groups excluding carboxylic acids is 1. The highest BCUT2D eigenvalue weighted by atomic mass is 79.9. The van der Waals surface area contributed by atoms with Crippen molar-refractivity contribution >= 4 is 43.7 Å². The zero-order valence-electron chi connectivity index (χ0n) is 18.2. The summed E-state index contributed by atoms with van der Waals surface area (Å²) < 4.78 is 54.4. The number of nitrogens with zero attached hydrogens (tertiary/aromatic N) is 3. The van der Waals surface area contributed by atoms with E-state index < -0.39 is 28.5 Å². The van der Waals surface area contributed by atoms with Crippen LogP contribution in [0.4, 0.5) is 16.0 Å².